The molecule has 1 N–H and O–H groups in total. The summed E-state index contributed by atoms with van der Waals surface area (Å²) in [6, 6.07) is 15.4. The lowest BCUT2D eigenvalue weighted by Crippen LogP contribution is -2.12. The van der Waals surface area contributed by atoms with E-state index < -0.39 is 5.83 Å². The number of amides is 1. The van der Waals surface area contributed by atoms with Crippen molar-refractivity contribution in [2.24, 2.45) is 0 Å². The van der Waals surface area contributed by atoms with E-state index in [4.69, 9.17) is 0 Å². The van der Waals surface area contributed by atoms with Gasteiger partial charge in [0.25, 0.3) is 5.91 Å². The highest BCUT2D eigenvalue weighted by Gasteiger charge is 2.10. The van der Waals surface area contributed by atoms with Crippen molar-refractivity contribution in [2.75, 3.05) is 5.32 Å². The quantitative estimate of drug-likeness (QED) is 0.493. The Kier molecular flexibility index (Phi) is 5.39. The van der Waals surface area contributed by atoms with Gasteiger partial charge in [-0.15, -0.1) is 0 Å². The van der Waals surface area contributed by atoms with E-state index in [1.807, 2.05) is 29.7 Å². The average molecular weight is 400 g/mol. The number of hydrogen-bond acceptors (Lipinski definition) is 3. The predicted molar refractivity (Wildman–Crippen MR) is 117 cm³/mol. The van der Waals surface area contributed by atoms with Crippen molar-refractivity contribution in [3.8, 4) is 0 Å². The molecular weight excluding hydrogens is 379 g/mol. The van der Waals surface area contributed by atoms with Crippen LogP contribution in [0.25, 0.3) is 17.6 Å². The van der Waals surface area contributed by atoms with Gasteiger partial charge >= 0.3 is 0 Å². The smallest absolute Gasteiger partial charge is 0.255 e. The second-order valence-corrected chi connectivity index (χ2v) is 6.92. The summed E-state index contributed by atoms with van der Waals surface area (Å²) in [5.74, 6) is -0.670. The molecule has 1 amide bonds. The Bertz CT molecular complexity index is 1230. The number of imidazole rings is 1. The summed E-state index contributed by atoms with van der Waals surface area (Å²) < 4.78 is 16.4. The zero-order valence-corrected chi connectivity index (χ0v) is 16.8. The molecule has 3 aromatic heterocycles. The molecule has 0 aliphatic rings. The molecule has 1 aromatic carbocycles. The van der Waals surface area contributed by atoms with Crippen LogP contribution in [-0.4, -0.2) is 20.3 Å². The van der Waals surface area contributed by atoms with E-state index in [9.17, 15) is 9.18 Å². The van der Waals surface area contributed by atoms with Crippen LogP contribution in [0.4, 0.5) is 10.1 Å². The van der Waals surface area contributed by atoms with Gasteiger partial charge in [-0.05, 0) is 49.7 Å². The topological polar surface area (TPSA) is 59.3 Å². The van der Waals surface area contributed by atoms with Crippen molar-refractivity contribution in [1.82, 2.24) is 14.4 Å². The van der Waals surface area contributed by atoms with Crippen molar-refractivity contribution in [1.29, 1.82) is 0 Å². The molecule has 4 rings (SSSR count). The number of halogens is 1. The van der Waals surface area contributed by atoms with Gasteiger partial charge in [0.15, 0.2) is 0 Å². The minimum absolute atomic E-state index is 0.261. The number of pyridine rings is 2. The molecule has 0 spiro atoms. The minimum Gasteiger partial charge on any atom is -0.321 e. The van der Waals surface area contributed by atoms with E-state index in [0.29, 0.717) is 22.5 Å². The first-order valence-corrected chi connectivity index (χ1v) is 9.72. The summed E-state index contributed by atoms with van der Waals surface area (Å²) in [7, 11) is 0. The third-order valence-electron chi connectivity index (χ3n) is 4.93. The van der Waals surface area contributed by atoms with Gasteiger partial charge in [-0.1, -0.05) is 25.1 Å². The molecule has 3 heterocycles. The fourth-order valence-electron chi connectivity index (χ4n) is 3.28. The highest BCUT2D eigenvalue weighted by Crippen LogP contribution is 2.21. The SMILES string of the molecule is CCc1nc2ccc(NC(=O)c3ccc(/C(F)=C/c4ccccn4)cc3)cn2c1C. The Morgan fingerprint density at radius 3 is 2.57 bits per heavy atom. The van der Waals surface area contributed by atoms with Crippen LogP contribution >= 0.6 is 0 Å². The first-order chi connectivity index (χ1) is 14.5. The van der Waals surface area contributed by atoms with Crippen LogP contribution in [0.1, 0.15) is 39.9 Å². The Labute approximate surface area is 173 Å². The molecule has 0 atom stereocenters. The number of aromatic nitrogens is 3. The average Bonchev–Trinajstić information content (AvgIpc) is 3.10. The monoisotopic (exact) mass is 400 g/mol. The number of fused-ring (bicyclic) bond motifs is 1. The molecule has 30 heavy (non-hydrogen) atoms. The van der Waals surface area contributed by atoms with Crippen LogP contribution in [0.15, 0.2) is 67.0 Å². The number of nitrogens with zero attached hydrogens (tertiary/aromatic N) is 3. The number of carbonyl (C=O) groups is 1. The van der Waals surface area contributed by atoms with E-state index >= 15 is 0 Å². The highest BCUT2D eigenvalue weighted by molar-refractivity contribution is 6.04. The lowest BCUT2D eigenvalue weighted by atomic mass is 10.1. The summed E-state index contributed by atoms with van der Waals surface area (Å²) >= 11 is 0. The molecule has 150 valence electrons. The Hall–Kier alpha value is -3.80. The molecule has 0 fully saturated rings. The highest BCUT2D eigenvalue weighted by atomic mass is 19.1. The molecule has 0 aliphatic carbocycles. The van der Waals surface area contributed by atoms with Gasteiger partial charge in [0.1, 0.15) is 11.5 Å². The zero-order valence-electron chi connectivity index (χ0n) is 16.8. The molecule has 4 aromatic rings. The van der Waals surface area contributed by atoms with E-state index in [0.717, 1.165) is 23.5 Å². The predicted octanol–water partition coefficient (Wildman–Crippen LogP) is 5.32. The summed E-state index contributed by atoms with van der Waals surface area (Å²) in [6.45, 7) is 4.08. The number of hydrogen-bond donors (Lipinski definition) is 1. The molecule has 0 bridgehead atoms. The van der Waals surface area contributed by atoms with Gasteiger partial charge in [-0.2, -0.15) is 0 Å². The third kappa shape index (κ3) is 3.98. The largest absolute Gasteiger partial charge is 0.321 e. The van der Waals surface area contributed by atoms with Crippen LogP contribution in [0.2, 0.25) is 0 Å². The molecule has 0 unspecified atom stereocenters. The maximum atomic E-state index is 14.4. The first kappa shape index (κ1) is 19.5. The Balaban J connectivity index is 1.51. The lowest BCUT2D eigenvalue weighted by molar-refractivity contribution is 0.102. The second-order valence-electron chi connectivity index (χ2n) is 6.92. The molecule has 0 aliphatic heterocycles. The molecule has 0 saturated heterocycles. The van der Waals surface area contributed by atoms with Crippen molar-refractivity contribution in [3.63, 3.8) is 0 Å². The fourth-order valence-corrected chi connectivity index (χ4v) is 3.28. The number of aryl methyl sites for hydroxylation is 2. The Morgan fingerprint density at radius 1 is 1.10 bits per heavy atom. The van der Waals surface area contributed by atoms with E-state index in [1.165, 1.54) is 6.08 Å². The molecule has 0 saturated carbocycles. The van der Waals surface area contributed by atoms with Crippen molar-refractivity contribution in [3.05, 3.63) is 95.2 Å². The summed E-state index contributed by atoms with van der Waals surface area (Å²) in [5.41, 5.74) is 4.98. The van der Waals surface area contributed by atoms with Gasteiger partial charge < -0.3 is 9.72 Å². The van der Waals surface area contributed by atoms with Gasteiger partial charge in [0.05, 0.1) is 17.1 Å². The van der Waals surface area contributed by atoms with Gasteiger partial charge in [0, 0.05) is 35.3 Å². The Morgan fingerprint density at radius 2 is 1.87 bits per heavy atom. The van der Waals surface area contributed by atoms with Gasteiger partial charge in [-0.25, -0.2) is 9.37 Å². The van der Waals surface area contributed by atoms with Crippen LogP contribution in [0.3, 0.4) is 0 Å². The van der Waals surface area contributed by atoms with Gasteiger partial charge in [0.2, 0.25) is 0 Å². The minimum atomic E-state index is -0.409. The first-order valence-electron chi connectivity index (χ1n) is 9.72. The maximum Gasteiger partial charge on any atom is 0.255 e. The van der Waals surface area contributed by atoms with Crippen LogP contribution in [0.5, 0.6) is 0 Å². The number of anilines is 1. The van der Waals surface area contributed by atoms with E-state index in [1.54, 1.807) is 48.7 Å². The van der Waals surface area contributed by atoms with Crippen LogP contribution in [-0.2, 0) is 6.42 Å². The van der Waals surface area contributed by atoms with Crippen molar-refractivity contribution >= 4 is 29.1 Å². The number of nitrogens with one attached hydrogen (secondary N) is 1. The number of benzene rings is 1. The van der Waals surface area contributed by atoms with Crippen molar-refractivity contribution in [2.45, 2.75) is 20.3 Å². The normalized spacial score (nSPS) is 11.6. The molecular formula is C24H21FN4O. The summed E-state index contributed by atoms with van der Waals surface area (Å²) in [4.78, 5) is 21.3. The molecule has 6 heteroatoms. The van der Waals surface area contributed by atoms with Gasteiger partial charge in [-0.3, -0.25) is 9.78 Å². The van der Waals surface area contributed by atoms with Crippen LogP contribution < -0.4 is 5.32 Å². The number of rotatable bonds is 5. The standard InChI is InChI=1S/C24H21FN4O/c1-3-22-16(2)29-15-20(11-12-23(29)28-22)27-24(30)18-9-7-17(8-10-18)21(25)14-19-6-4-5-13-26-19/h4-15H,3H2,1-2H3,(H,27,30)/b21-14-. The van der Waals surface area contributed by atoms with E-state index in [2.05, 4.69) is 22.2 Å². The maximum absolute atomic E-state index is 14.4. The molecule has 0 radical (unpaired) electrons. The summed E-state index contributed by atoms with van der Waals surface area (Å²) in [6.07, 6.45) is 5.69. The second kappa shape index (κ2) is 8.29. The number of carbonyl (C=O) groups excluding carboxylic acids is 1. The molecule has 5 nitrogen and oxygen atoms in total. The van der Waals surface area contributed by atoms with E-state index in [-0.39, 0.29) is 5.91 Å². The lowest BCUT2D eigenvalue weighted by Gasteiger charge is -2.07. The van der Waals surface area contributed by atoms with Crippen molar-refractivity contribution < 1.29 is 9.18 Å². The van der Waals surface area contributed by atoms with Crippen LogP contribution in [0, 0.1) is 6.92 Å². The fraction of sp³-hybridized carbons (Fsp3) is 0.125. The third-order valence-corrected chi connectivity index (χ3v) is 4.93. The summed E-state index contributed by atoms with van der Waals surface area (Å²) in [5, 5.41) is 2.89. The zero-order chi connectivity index (χ0) is 21.1.